The summed E-state index contributed by atoms with van der Waals surface area (Å²) in [7, 11) is 0. The Kier molecular flexibility index (Phi) is 4.90. The number of carbonyl (C=O) groups is 1. The third-order valence-corrected chi connectivity index (χ3v) is 2.96. The van der Waals surface area contributed by atoms with Gasteiger partial charge in [0.05, 0.1) is 5.02 Å². The van der Waals surface area contributed by atoms with Crippen molar-refractivity contribution in [3.63, 3.8) is 0 Å². The van der Waals surface area contributed by atoms with Gasteiger partial charge in [0.25, 0.3) is 0 Å². The minimum atomic E-state index is -1.12. The summed E-state index contributed by atoms with van der Waals surface area (Å²) in [5.74, 6) is -1.24. The maximum atomic E-state index is 13.2. The second kappa shape index (κ2) is 6.85. The van der Waals surface area contributed by atoms with Gasteiger partial charge >= 0.3 is 5.97 Å². The molecular weight excluding hydrogens is 297 g/mol. The Labute approximate surface area is 125 Å². The Hall–Kier alpha value is -2.40. The number of benzene rings is 1. The van der Waals surface area contributed by atoms with Crippen molar-refractivity contribution in [3.8, 4) is 5.75 Å². The summed E-state index contributed by atoms with van der Waals surface area (Å²) in [5.41, 5.74) is 1.06. The number of rotatable bonds is 5. The van der Waals surface area contributed by atoms with Crippen molar-refractivity contribution in [3.05, 3.63) is 64.7 Å². The number of pyridine rings is 1. The van der Waals surface area contributed by atoms with Crippen molar-refractivity contribution < 1.29 is 19.0 Å². The molecule has 0 spiro atoms. The van der Waals surface area contributed by atoms with Gasteiger partial charge in [-0.25, -0.2) is 9.18 Å². The van der Waals surface area contributed by atoms with E-state index in [1.807, 2.05) is 0 Å². The standard InChI is InChI=1S/C15H11ClFNO3/c16-13-8-18-6-5-11(13)9-21-14-3-2-12(17)7-10(14)1-4-15(19)20/h1-8H,9H2,(H,19,20)/b4-1+. The zero-order chi connectivity index (χ0) is 15.2. The lowest BCUT2D eigenvalue weighted by Crippen LogP contribution is -1.99. The maximum Gasteiger partial charge on any atom is 0.328 e. The summed E-state index contributed by atoms with van der Waals surface area (Å²) in [6.07, 6.45) is 5.27. The maximum absolute atomic E-state index is 13.2. The summed E-state index contributed by atoms with van der Waals surface area (Å²) in [6, 6.07) is 5.58. The highest BCUT2D eigenvalue weighted by atomic mass is 35.5. The van der Waals surface area contributed by atoms with E-state index in [0.29, 0.717) is 16.3 Å². The minimum absolute atomic E-state index is 0.168. The molecule has 0 aliphatic heterocycles. The molecule has 0 amide bonds. The zero-order valence-electron chi connectivity index (χ0n) is 10.8. The molecule has 1 heterocycles. The number of hydrogen-bond acceptors (Lipinski definition) is 3. The molecule has 6 heteroatoms. The molecule has 21 heavy (non-hydrogen) atoms. The first-order valence-corrected chi connectivity index (χ1v) is 6.36. The van der Waals surface area contributed by atoms with Crippen LogP contribution in [0.5, 0.6) is 5.75 Å². The Morgan fingerprint density at radius 2 is 2.24 bits per heavy atom. The number of nitrogens with zero attached hydrogens (tertiary/aromatic N) is 1. The Balaban J connectivity index is 2.20. The summed E-state index contributed by atoms with van der Waals surface area (Å²) < 4.78 is 18.8. The number of ether oxygens (including phenoxy) is 1. The lowest BCUT2D eigenvalue weighted by Gasteiger charge is -2.10. The zero-order valence-corrected chi connectivity index (χ0v) is 11.5. The number of aromatic nitrogens is 1. The molecular formula is C15H11ClFNO3. The van der Waals surface area contributed by atoms with Gasteiger partial charge in [-0.1, -0.05) is 11.6 Å². The van der Waals surface area contributed by atoms with Crippen LogP contribution in [0, 0.1) is 5.82 Å². The molecule has 2 aromatic rings. The third kappa shape index (κ3) is 4.29. The first-order valence-electron chi connectivity index (χ1n) is 5.98. The molecule has 1 N–H and O–H groups in total. The van der Waals surface area contributed by atoms with Gasteiger partial charge in [-0.05, 0) is 30.3 Å². The van der Waals surface area contributed by atoms with Crippen molar-refractivity contribution in [2.45, 2.75) is 6.61 Å². The van der Waals surface area contributed by atoms with Gasteiger partial charge in [-0.3, -0.25) is 4.98 Å². The first kappa shape index (κ1) is 15.0. The largest absolute Gasteiger partial charge is 0.488 e. The number of carboxylic acids is 1. The van der Waals surface area contributed by atoms with Crippen molar-refractivity contribution in [2.24, 2.45) is 0 Å². The number of halogens is 2. The van der Waals surface area contributed by atoms with E-state index in [1.54, 1.807) is 12.3 Å². The molecule has 0 saturated heterocycles. The molecule has 1 aromatic heterocycles. The Bertz CT molecular complexity index is 688. The van der Waals surface area contributed by atoms with Gasteiger partial charge < -0.3 is 9.84 Å². The van der Waals surface area contributed by atoms with Crippen molar-refractivity contribution in [1.82, 2.24) is 4.98 Å². The van der Waals surface area contributed by atoms with Gasteiger partial charge in [-0.2, -0.15) is 0 Å². The van der Waals surface area contributed by atoms with E-state index in [2.05, 4.69) is 4.98 Å². The minimum Gasteiger partial charge on any atom is -0.488 e. The lowest BCUT2D eigenvalue weighted by molar-refractivity contribution is -0.131. The van der Waals surface area contributed by atoms with E-state index in [-0.39, 0.29) is 6.61 Å². The van der Waals surface area contributed by atoms with Crippen LogP contribution in [0.1, 0.15) is 11.1 Å². The van der Waals surface area contributed by atoms with Gasteiger partial charge in [-0.15, -0.1) is 0 Å². The average Bonchev–Trinajstić information content (AvgIpc) is 2.45. The first-order chi connectivity index (χ1) is 10.1. The van der Waals surface area contributed by atoms with E-state index in [0.717, 1.165) is 11.6 Å². The van der Waals surface area contributed by atoms with Crippen LogP contribution in [-0.2, 0) is 11.4 Å². The predicted octanol–water partition coefficient (Wildman–Crippen LogP) is 3.55. The quantitative estimate of drug-likeness (QED) is 0.858. The van der Waals surface area contributed by atoms with E-state index < -0.39 is 11.8 Å². The summed E-state index contributed by atoms with van der Waals surface area (Å²) in [4.78, 5) is 14.4. The molecule has 0 saturated carbocycles. The fourth-order valence-corrected chi connectivity index (χ4v) is 1.79. The highest BCUT2D eigenvalue weighted by Gasteiger charge is 2.06. The molecule has 0 radical (unpaired) electrons. The fourth-order valence-electron chi connectivity index (χ4n) is 1.62. The highest BCUT2D eigenvalue weighted by molar-refractivity contribution is 6.31. The van der Waals surface area contributed by atoms with Gasteiger partial charge in [0.1, 0.15) is 18.2 Å². The van der Waals surface area contributed by atoms with Crippen LogP contribution in [0.3, 0.4) is 0 Å². The number of hydrogen-bond donors (Lipinski definition) is 1. The van der Waals surface area contributed by atoms with Crippen LogP contribution in [0.15, 0.2) is 42.7 Å². The van der Waals surface area contributed by atoms with Gasteiger partial charge in [0.15, 0.2) is 0 Å². The Morgan fingerprint density at radius 3 is 2.95 bits per heavy atom. The molecule has 108 valence electrons. The molecule has 2 rings (SSSR count). The topological polar surface area (TPSA) is 59.4 Å². The van der Waals surface area contributed by atoms with Crippen LogP contribution in [0.25, 0.3) is 6.08 Å². The van der Waals surface area contributed by atoms with Gasteiger partial charge in [0, 0.05) is 29.6 Å². The normalized spacial score (nSPS) is 10.8. The van der Waals surface area contributed by atoms with E-state index in [1.165, 1.54) is 30.5 Å². The molecule has 1 aromatic carbocycles. The highest BCUT2D eigenvalue weighted by Crippen LogP contribution is 2.23. The number of aliphatic carboxylic acids is 1. The SMILES string of the molecule is O=C(O)/C=C/c1cc(F)ccc1OCc1ccncc1Cl. The van der Waals surface area contributed by atoms with Crippen LogP contribution >= 0.6 is 11.6 Å². The van der Waals surface area contributed by atoms with Crippen molar-refractivity contribution >= 4 is 23.6 Å². The molecule has 4 nitrogen and oxygen atoms in total. The summed E-state index contributed by atoms with van der Waals surface area (Å²) in [6.45, 7) is 0.168. The second-order valence-corrected chi connectivity index (χ2v) is 4.52. The monoisotopic (exact) mass is 307 g/mol. The second-order valence-electron chi connectivity index (χ2n) is 4.11. The van der Waals surface area contributed by atoms with Gasteiger partial charge in [0.2, 0.25) is 0 Å². The molecule has 0 fully saturated rings. The third-order valence-electron chi connectivity index (χ3n) is 2.62. The summed E-state index contributed by atoms with van der Waals surface area (Å²) in [5, 5.41) is 9.09. The van der Waals surface area contributed by atoms with E-state index >= 15 is 0 Å². The van der Waals surface area contributed by atoms with Crippen LogP contribution in [0.2, 0.25) is 5.02 Å². The van der Waals surface area contributed by atoms with Crippen molar-refractivity contribution in [2.75, 3.05) is 0 Å². The molecule has 0 atom stereocenters. The molecule has 0 unspecified atom stereocenters. The lowest BCUT2D eigenvalue weighted by atomic mass is 10.2. The molecule has 0 aliphatic rings. The Morgan fingerprint density at radius 1 is 1.43 bits per heavy atom. The smallest absolute Gasteiger partial charge is 0.328 e. The molecule has 0 bridgehead atoms. The van der Waals surface area contributed by atoms with E-state index in [9.17, 15) is 9.18 Å². The van der Waals surface area contributed by atoms with Crippen LogP contribution in [0.4, 0.5) is 4.39 Å². The summed E-state index contributed by atoms with van der Waals surface area (Å²) >= 11 is 5.96. The van der Waals surface area contributed by atoms with Crippen LogP contribution in [-0.4, -0.2) is 16.1 Å². The van der Waals surface area contributed by atoms with E-state index in [4.69, 9.17) is 21.4 Å². The van der Waals surface area contributed by atoms with Crippen molar-refractivity contribution in [1.29, 1.82) is 0 Å². The average molecular weight is 308 g/mol. The number of carboxylic acid groups (broad SMARTS) is 1. The predicted molar refractivity (Wildman–Crippen MR) is 76.6 cm³/mol. The molecule has 0 aliphatic carbocycles. The van der Waals surface area contributed by atoms with Crippen LogP contribution < -0.4 is 4.74 Å². The fraction of sp³-hybridized carbons (Fsp3) is 0.0667.